The van der Waals surface area contributed by atoms with Gasteiger partial charge in [-0.3, -0.25) is 0 Å². The fourth-order valence-electron chi connectivity index (χ4n) is 3.43. The average Bonchev–Trinajstić information content (AvgIpc) is 2.61. The van der Waals surface area contributed by atoms with Gasteiger partial charge >= 0.3 is 0 Å². The molecule has 0 aromatic heterocycles. The molecule has 0 radical (unpaired) electrons. The summed E-state index contributed by atoms with van der Waals surface area (Å²) in [5.74, 6) is 0.628. The van der Waals surface area contributed by atoms with Gasteiger partial charge in [0.05, 0.1) is 12.2 Å². The lowest BCUT2D eigenvalue weighted by Gasteiger charge is -2.41. The summed E-state index contributed by atoms with van der Waals surface area (Å²) in [4.78, 5) is 0. The van der Waals surface area contributed by atoms with Gasteiger partial charge < -0.3 is 9.53 Å². The van der Waals surface area contributed by atoms with Crippen LogP contribution in [-0.2, 0) is 4.43 Å². The molecule has 26 heavy (non-hydrogen) atoms. The van der Waals surface area contributed by atoms with Crippen molar-refractivity contribution >= 4 is 8.32 Å². The monoisotopic (exact) mass is 374 g/mol. The van der Waals surface area contributed by atoms with Crippen LogP contribution < -0.4 is 0 Å². The molecule has 1 aromatic rings. The number of hydrogen-bond donors (Lipinski definition) is 1. The van der Waals surface area contributed by atoms with E-state index in [2.05, 4.69) is 46.0 Å². The number of hydrogen-bond acceptors (Lipinski definition) is 2. The Hall–Kier alpha value is -0.903. The van der Waals surface area contributed by atoms with Crippen LogP contribution in [-0.4, -0.2) is 19.5 Å². The van der Waals surface area contributed by atoms with E-state index < -0.39 is 14.4 Å². The van der Waals surface area contributed by atoms with Crippen molar-refractivity contribution in [3.8, 4) is 0 Å². The highest BCUT2D eigenvalue weighted by Crippen LogP contribution is 2.40. The van der Waals surface area contributed by atoms with Crippen LogP contribution in [0.5, 0.6) is 0 Å². The molecule has 1 aliphatic carbocycles. The first kappa shape index (κ1) is 21.4. The third kappa shape index (κ3) is 6.07. The van der Waals surface area contributed by atoms with Crippen LogP contribution >= 0.6 is 0 Å². The van der Waals surface area contributed by atoms with Crippen molar-refractivity contribution in [1.82, 2.24) is 0 Å². The maximum atomic E-state index is 10.4. The molecule has 0 saturated heterocycles. The molecule has 1 fully saturated rings. The highest BCUT2D eigenvalue weighted by atomic mass is 28.4. The number of aliphatic hydroxyl groups is 1. The highest BCUT2D eigenvalue weighted by molar-refractivity contribution is 6.74. The first-order valence-corrected chi connectivity index (χ1v) is 13.2. The summed E-state index contributed by atoms with van der Waals surface area (Å²) in [7, 11) is -1.81. The molecule has 1 aliphatic rings. The first-order valence-electron chi connectivity index (χ1n) is 10.3. The molecule has 2 atom stereocenters. The largest absolute Gasteiger partial charge is 0.410 e. The van der Waals surface area contributed by atoms with E-state index in [0.29, 0.717) is 12.3 Å². The van der Waals surface area contributed by atoms with E-state index in [0.717, 1.165) is 5.56 Å². The summed E-state index contributed by atoms with van der Waals surface area (Å²) in [6.45, 7) is 11.6. The van der Waals surface area contributed by atoms with E-state index in [1.165, 1.54) is 32.1 Å². The Morgan fingerprint density at radius 3 is 2.31 bits per heavy atom. The van der Waals surface area contributed by atoms with Crippen LogP contribution in [0.2, 0.25) is 18.1 Å². The molecule has 0 spiro atoms. The van der Waals surface area contributed by atoms with Crippen LogP contribution in [0.25, 0.3) is 0 Å². The number of benzene rings is 1. The van der Waals surface area contributed by atoms with Crippen molar-refractivity contribution in [2.75, 3.05) is 0 Å². The Kier molecular flexibility index (Phi) is 7.69. The van der Waals surface area contributed by atoms with Crippen molar-refractivity contribution in [2.45, 2.75) is 89.6 Å². The van der Waals surface area contributed by atoms with E-state index in [1.54, 1.807) is 0 Å². The minimum Gasteiger partial charge on any atom is -0.410 e. The van der Waals surface area contributed by atoms with Gasteiger partial charge in [-0.2, -0.15) is 0 Å². The quantitative estimate of drug-likeness (QED) is 0.428. The third-order valence-corrected chi connectivity index (χ3v) is 10.7. The molecule has 0 unspecified atom stereocenters. The number of rotatable bonds is 7. The summed E-state index contributed by atoms with van der Waals surface area (Å²) < 4.78 is 6.80. The average molecular weight is 375 g/mol. The zero-order valence-corrected chi connectivity index (χ0v) is 18.4. The smallest absolute Gasteiger partial charge is 0.192 e. The predicted molar refractivity (Wildman–Crippen MR) is 114 cm³/mol. The molecule has 2 nitrogen and oxygen atoms in total. The van der Waals surface area contributed by atoms with Gasteiger partial charge in [-0.05, 0) is 48.9 Å². The van der Waals surface area contributed by atoms with Crippen molar-refractivity contribution in [2.24, 2.45) is 5.92 Å². The standard InChI is InChI=1S/C23H38O2Si/c1-23(2,3)26(4,5)25-22(20-15-10-7-11-16-20)18-12-17-21(24)19-13-8-6-9-14-19/h6,8-9,12-14,18,20-22,24H,7,10-11,15-17H2,1-5H3/b18-12-/t21-,22+/m0/s1. The Bertz CT molecular complexity index is 553. The Balaban J connectivity index is 2.05. The molecule has 3 heteroatoms. The maximum Gasteiger partial charge on any atom is 0.192 e. The summed E-state index contributed by atoms with van der Waals surface area (Å²) in [5, 5.41) is 10.6. The topological polar surface area (TPSA) is 29.5 Å². The molecule has 1 aromatic carbocycles. The van der Waals surface area contributed by atoms with Crippen molar-refractivity contribution in [3.63, 3.8) is 0 Å². The first-order chi connectivity index (χ1) is 12.2. The normalized spacial score (nSPS) is 19.6. The predicted octanol–water partition coefficient (Wildman–Crippen LogP) is 6.64. The minimum atomic E-state index is -1.81. The van der Waals surface area contributed by atoms with E-state index >= 15 is 0 Å². The van der Waals surface area contributed by atoms with E-state index in [4.69, 9.17) is 4.43 Å². The molecule has 0 aliphatic heterocycles. The molecule has 1 saturated carbocycles. The molecule has 0 bridgehead atoms. The van der Waals surface area contributed by atoms with E-state index in [1.807, 2.05) is 30.3 Å². The lowest BCUT2D eigenvalue weighted by molar-refractivity contribution is 0.131. The fourth-order valence-corrected chi connectivity index (χ4v) is 4.73. The molecular formula is C23H38O2Si. The Morgan fingerprint density at radius 2 is 1.73 bits per heavy atom. The molecule has 1 N–H and O–H groups in total. The maximum absolute atomic E-state index is 10.4. The van der Waals surface area contributed by atoms with Crippen LogP contribution in [0.1, 0.15) is 71.0 Å². The summed E-state index contributed by atoms with van der Waals surface area (Å²) >= 11 is 0. The second kappa shape index (κ2) is 9.34. The van der Waals surface area contributed by atoms with Crippen molar-refractivity contribution in [3.05, 3.63) is 48.0 Å². The Labute approximate surface area is 161 Å². The number of aliphatic hydroxyl groups excluding tert-OH is 1. The van der Waals surface area contributed by atoms with Crippen molar-refractivity contribution in [1.29, 1.82) is 0 Å². The fraction of sp³-hybridized carbons (Fsp3) is 0.652. The Morgan fingerprint density at radius 1 is 1.12 bits per heavy atom. The van der Waals surface area contributed by atoms with Crippen molar-refractivity contribution < 1.29 is 9.53 Å². The zero-order valence-electron chi connectivity index (χ0n) is 17.4. The molecule has 0 heterocycles. The van der Waals surface area contributed by atoms with Gasteiger partial charge in [0.25, 0.3) is 0 Å². The van der Waals surface area contributed by atoms with Gasteiger partial charge in [-0.1, -0.05) is 82.5 Å². The lowest BCUT2D eigenvalue weighted by atomic mass is 9.85. The van der Waals surface area contributed by atoms with E-state index in [9.17, 15) is 5.11 Å². The SMILES string of the molecule is CC(C)(C)[Si](C)(C)O[C@H](/C=C\C[C@H](O)c1ccccc1)C1CCCCC1. The van der Waals surface area contributed by atoms with Gasteiger partial charge in [0.1, 0.15) is 0 Å². The van der Waals surface area contributed by atoms with Gasteiger partial charge in [0.2, 0.25) is 0 Å². The van der Waals surface area contributed by atoms with Crippen LogP contribution in [0.3, 0.4) is 0 Å². The van der Waals surface area contributed by atoms with Crippen LogP contribution in [0.4, 0.5) is 0 Å². The summed E-state index contributed by atoms with van der Waals surface area (Å²) in [5.41, 5.74) is 0.983. The molecular weight excluding hydrogens is 336 g/mol. The van der Waals surface area contributed by atoms with Gasteiger partial charge in [-0.25, -0.2) is 0 Å². The van der Waals surface area contributed by atoms with Crippen LogP contribution in [0.15, 0.2) is 42.5 Å². The minimum absolute atomic E-state index is 0.194. The highest BCUT2D eigenvalue weighted by Gasteiger charge is 2.40. The third-order valence-electron chi connectivity index (χ3n) is 6.22. The summed E-state index contributed by atoms with van der Waals surface area (Å²) in [6, 6.07) is 9.92. The van der Waals surface area contributed by atoms with Gasteiger partial charge in [0.15, 0.2) is 8.32 Å². The van der Waals surface area contributed by atoms with Crippen LogP contribution in [0, 0.1) is 5.92 Å². The van der Waals surface area contributed by atoms with Gasteiger partial charge in [0, 0.05) is 0 Å². The zero-order chi connectivity index (χ0) is 19.2. The molecule has 0 amide bonds. The molecule has 2 rings (SSSR count). The lowest BCUT2D eigenvalue weighted by Crippen LogP contribution is -2.45. The van der Waals surface area contributed by atoms with Gasteiger partial charge in [-0.15, -0.1) is 0 Å². The molecule has 146 valence electrons. The second-order valence-corrected chi connectivity index (χ2v) is 14.1. The summed E-state index contributed by atoms with van der Waals surface area (Å²) in [6.07, 6.45) is 11.3. The second-order valence-electron chi connectivity index (χ2n) is 9.33. The van der Waals surface area contributed by atoms with E-state index in [-0.39, 0.29) is 11.1 Å².